The van der Waals surface area contributed by atoms with Gasteiger partial charge in [-0.3, -0.25) is 9.78 Å². The molecule has 0 aliphatic rings. The number of rotatable bonds is 4. The van der Waals surface area contributed by atoms with Gasteiger partial charge in [-0.1, -0.05) is 6.07 Å². The lowest BCUT2D eigenvalue weighted by molar-refractivity contribution is -0.131. The number of hydrogen-bond acceptors (Lipinski definition) is 3. The van der Waals surface area contributed by atoms with E-state index in [0.717, 1.165) is 12.1 Å². The van der Waals surface area contributed by atoms with Crippen LogP contribution in [-0.4, -0.2) is 22.0 Å². The van der Waals surface area contributed by atoms with Crippen LogP contribution in [0.15, 0.2) is 48.8 Å². The van der Waals surface area contributed by atoms with E-state index in [1.807, 2.05) is 0 Å². The molecule has 0 aliphatic heterocycles. The number of carbonyl (C=O) groups excluding carboxylic acids is 1. The fourth-order valence-electron chi connectivity index (χ4n) is 1.60. The molecular weight excluding hydrogens is 275 g/mol. The molecule has 1 aromatic heterocycles. The lowest BCUT2D eigenvalue weighted by Gasteiger charge is -2.06. The molecule has 0 radical (unpaired) electrons. The van der Waals surface area contributed by atoms with Crippen molar-refractivity contribution in [2.75, 3.05) is 5.32 Å². The van der Waals surface area contributed by atoms with Crippen molar-refractivity contribution in [1.82, 2.24) is 4.98 Å². The third-order valence-corrected chi connectivity index (χ3v) is 2.58. The van der Waals surface area contributed by atoms with E-state index in [2.05, 4.69) is 10.3 Å². The molecule has 1 aromatic carbocycles. The standard InChI is InChI=1S/C15H11FN2O3/c16-12-8-10(4-6-14(19)20)3-5-13(12)18-15(21)11-2-1-7-17-9-11/h1-9H,(H,18,21)(H,19,20). The van der Waals surface area contributed by atoms with Crippen LogP contribution < -0.4 is 5.32 Å². The second-order valence-corrected chi connectivity index (χ2v) is 4.11. The van der Waals surface area contributed by atoms with Gasteiger partial charge in [-0.15, -0.1) is 0 Å². The number of carboxylic acid groups (broad SMARTS) is 1. The number of amides is 1. The zero-order valence-corrected chi connectivity index (χ0v) is 10.8. The minimum absolute atomic E-state index is 0.0105. The maximum absolute atomic E-state index is 13.8. The van der Waals surface area contributed by atoms with E-state index in [1.54, 1.807) is 12.1 Å². The highest BCUT2D eigenvalue weighted by atomic mass is 19.1. The summed E-state index contributed by atoms with van der Waals surface area (Å²) in [4.78, 5) is 26.0. The third-order valence-electron chi connectivity index (χ3n) is 2.58. The quantitative estimate of drug-likeness (QED) is 0.847. The molecule has 2 rings (SSSR count). The molecule has 0 spiro atoms. The second kappa shape index (κ2) is 6.42. The SMILES string of the molecule is O=C(O)C=Cc1ccc(NC(=O)c2cccnc2)c(F)c1. The Hall–Kier alpha value is -3.02. The second-order valence-electron chi connectivity index (χ2n) is 4.11. The summed E-state index contributed by atoms with van der Waals surface area (Å²) in [5.74, 6) is -2.25. The third kappa shape index (κ3) is 3.97. The number of halogens is 1. The van der Waals surface area contributed by atoms with Crippen LogP contribution in [0.5, 0.6) is 0 Å². The number of aromatic nitrogens is 1. The molecular formula is C15H11FN2O3. The van der Waals surface area contributed by atoms with E-state index in [0.29, 0.717) is 11.1 Å². The van der Waals surface area contributed by atoms with Crippen molar-refractivity contribution in [3.05, 3.63) is 65.7 Å². The number of hydrogen-bond donors (Lipinski definition) is 2. The van der Waals surface area contributed by atoms with Gasteiger partial charge < -0.3 is 10.4 Å². The van der Waals surface area contributed by atoms with Crippen LogP contribution in [0.2, 0.25) is 0 Å². The number of anilines is 1. The summed E-state index contributed by atoms with van der Waals surface area (Å²) >= 11 is 0. The Morgan fingerprint density at radius 3 is 2.71 bits per heavy atom. The minimum Gasteiger partial charge on any atom is -0.478 e. The van der Waals surface area contributed by atoms with Crippen LogP contribution >= 0.6 is 0 Å². The van der Waals surface area contributed by atoms with Crippen molar-refractivity contribution in [2.45, 2.75) is 0 Å². The highest BCUT2D eigenvalue weighted by Gasteiger charge is 2.09. The summed E-state index contributed by atoms with van der Waals surface area (Å²) in [6, 6.07) is 7.17. The smallest absolute Gasteiger partial charge is 0.328 e. The lowest BCUT2D eigenvalue weighted by atomic mass is 10.1. The molecule has 21 heavy (non-hydrogen) atoms. The first-order valence-electron chi connectivity index (χ1n) is 5.98. The van der Waals surface area contributed by atoms with Crippen LogP contribution in [0.4, 0.5) is 10.1 Å². The van der Waals surface area contributed by atoms with Gasteiger partial charge in [0.2, 0.25) is 0 Å². The van der Waals surface area contributed by atoms with Gasteiger partial charge in [0.15, 0.2) is 0 Å². The molecule has 0 unspecified atom stereocenters. The molecule has 6 heteroatoms. The van der Waals surface area contributed by atoms with Crippen LogP contribution in [0.1, 0.15) is 15.9 Å². The van der Waals surface area contributed by atoms with Gasteiger partial charge in [-0.2, -0.15) is 0 Å². The Bertz CT molecular complexity index is 699. The Morgan fingerprint density at radius 2 is 2.10 bits per heavy atom. The van der Waals surface area contributed by atoms with Gasteiger partial charge in [0.25, 0.3) is 5.91 Å². The van der Waals surface area contributed by atoms with Crippen LogP contribution in [0, 0.1) is 5.82 Å². The number of aliphatic carboxylic acids is 1. The number of benzene rings is 1. The van der Waals surface area contributed by atoms with E-state index in [4.69, 9.17) is 5.11 Å². The van der Waals surface area contributed by atoms with Crippen molar-refractivity contribution in [3.8, 4) is 0 Å². The van der Waals surface area contributed by atoms with Crippen molar-refractivity contribution >= 4 is 23.6 Å². The summed E-state index contributed by atoms with van der Waals surface area (Å²) in [5, 5.41) is 10.9. The molecule has 5 nitrogen and oxygen atoms in total. The van der Waals surface area contributed by atoms with Gasteiger partial charge in [0, 0.05) is 18.5 Å². The Labute approximate surface area is 119 Å². The lowest BCUT2D eigenvalue weighted by Crippen LogP contribution is -2.13. The Morgan fingerprint density at radius 1 is 1.29 bits per heavy atom. The van der Waals surface area contributed by atoms with Crippen LogP contribution in [0.3, 0.4) is 0 Å². The molecule has 2 N–H and O–H groups in total. The average molecular weight is 286 g/mol. The number of carbonyl (C=O) groups is 2. The van der Waals surface area contributed by atoms with E-state index < -0.39 is 17.7 Å². The maximum atomic E-state index is 13.8. The van der Waals surface area contributed by atoms with Crippen molar-refractivity contribution < 1.29 is 19.1 Å². The fourth-order valence-corrected chi connectivity index (χ4v) is 1.60. The molecule has 0 aliphatic carbocycles. The predicted octanol–water partition coefficient (Wildman–Crippen LogP) is 2.57. The number of carboxylic acids is 1. The molecule has 0 saturated heterocycles. The van der Waals surface area contributed by atoms with E-state index in [1.165, 1.54) is 30.6 Å². The number of nitrogens with zero attached hydrogens (tertiary/aromatic N) is 1. The summed E-state index contributed by atoms with van der Waals surface area (Å²) < 4.78 is 13.8. The van der Waals surface area contributed by atoms with Gasteiger partial charge in [0.05, 0.1) is 11.3 Å². The first kappa shape index (κ1) is 14.4. The molecule has 1 amide bonds. The summed E-state index contributed by atoms with van der Waals surface area (Å²) in [6.07, 6.45) is 5.07. The van der Waals surface area contributed by atoms with Crippen molar-refractivity contribution in [1.29, 1.82) is 0 Å². The van der Waals surface area contributed by atoms with Crippen molar-refractivity contribution in [3.63, 3.8) is 0 Å². The van der Waals surface area contributed by atoms with Crippen molar-refractivity contribution in [2.24, 2.45) is 0 Å². The fraction of sp³-hybridized carbons (Fsp3) is 0. The topological polar surface area (TPSA) is 79.3 Å². The van der Waals surface area contributed by atoms with Gasteiger partial charge in [-0.05, 0) is 35.9 Å². The van der Waals surface area contributed by atoms with Gasteiger partial charge in [0.1, 0.15) is 5.82 Å². The first-order chi connectivity index (χ1) is 10.1. The molecule has 0 atom stereocenters. The molecule has 1 heterocycles. The number of pyridine rings is 1. The summed E-state index contributed by atoms with van der Waals surface area (Å²) in [7, 11) is 0. The summed E-state index contributed by atoms with van der Waals surface area (Å²) in [6.45, 7) is 0. The Kier molecular flexibility index (Phi) is 4.40. The zero-order chi connectivity index (χ0) is 15.2. The predicted molar refractivity (Wildman–Crippen MR) is 75.3 cm³/mol. The average Bonchev–Trinajstić information content (AvgIpc) is 2.48. The van der Waals surface area contributed by atoms with Crippen LogP contribution in [0.25, 0.3) is 6.08 Å². The Balaban J connectivity index is 2.15. The molecule has 0 fully saturated rings. The zero-order valence-electron chi connectivity index (χ0n) is 10.8. The minimum atomic E-state index is -1.12. The highest BCUT2D eigenvalue weighted by Crippen LogP contribution is 2.17. The summed E-state index contributed by atoms with van der Waals surface area (Å²) in [5.41, 5.74) is 0.706. The normalized spacial score (nSPS) is 10.5. The number of nitrogens with one attached hydrogen (secondary N) is 1. The molecule has 2 aromatic rings. The van der Waals surface area contributed by atoms with Gasteiger partial charge >= 0.3 is 5.97 Å². The molecule has 0 saturated carbocycles. The van der Waals surface area contributed by atoms with E-state index in [-0.39, 0.29) is 5.69 Å². The maximum Gasteiger partial charge on any atom is 0.328 e. The first-order valence-corrected chi connectivity index (χ1v) is 5.98. The monoisotopic (exact) mass is 286 g/mol. The highest BCUT2D eigenvalue weighted by molar-refractivity contribution is 6.04. The molecule has 106 valence electrons. The largest absolute Gasteiger partial charge is 0.478 e. The van der Waals surface area contributed by atoms with E-state index >= 15 is 0 Å². The van der Waals surface area contributed by atoms with E-state index in [9.17, 15) is 14.0 Å². The van der Waals surface area contributed by atoms with Gasteiger partial charge in [-0.25, -0.2) is 9.18 Å². The molecule has 0 bridgehead atoms. The van der Waals surface area contributed by atoms with Crippen LogP contribution in [-0.2, 0) is 4.79 Å².